The molecular weight excluding hydrogens is 367 g/mol. The molecule has 0 unspecified atom stereocenters. The van der Waals surface area contributed by atoms with Crippen molar-refractivity contribution >= 4 is 38.5 Å². The van der Waals surface area contributed by atoms with Gasteiger partial charge < -0.3 is 10.2 Å². The first-order valence-electron chi connectivity index (χ1n) is 4.90. The van der Waals surface area contributed by atoms with E-state index in [0.29, 0.717) is 0 Å². The van der Waals surface area contributed by atoms with Crippen LogP contribution in [0.5, 0.6) is 0 Å². The van der Waals surface area contributed by atoms with E-state index in [1.807, 2.05) is 7.05 Å². The predicted octanol–water partition coefficient (Wildman–Crippen LogP) is 2.70. The second-order valence-corrected chi connectivity index (χ2v) is 5.65. The summed E-state index contributed by atoms with van der Waals surface area (Å²) in [7, 11) is 4.13. The van der Waals surface area contributed by atoms with Gasteiger partial charge in [-0.15, -0.1) is 0 Å². The lowest BCUT2D eigenvalue weighted by Crippen LogP contribution is -2.27. The highest BCUT2D eigenvalue weighted by Gasteiger charge is 2.04. The largest absolute Gasteiger partial charge is 0.318 e. The van der Waals surface area contributed by atoms with E-state index in [2.05, 4.69) is 74.0 Å². The maximum absolute atomic E-state index is 3.50. The average molecular weight is 383 g/mol. The van der Waals surface area contributed by atoms with Crippen LogP contribution in [-0.4, -0.2) is 32.1 Å². The summed E-state index contributed by atoms with van der Waals surface area (Å²) in [6.45, 7) is 3.10. The van der Waals surface area contributed by atoms with Gasteiger partial charge in [0.25, 0.3) is 0 Å². The van der Waals surface area contributed by atoms with Crippen molar-refractivity contribution < 1.29 is 0 Å². The maximum atomic E-state index is 3.50. The van der Waals surface area contributed by atoms with E-state index in [-0.39, 0.29) is 0 Å². The Hall–Kier alpha value is 0.350. The third-order valence-electron chi connectivity index (χ3n) is 2.19. The monoisotopic (exact) mass is 382 g/mol. The fourth-order valence-corrected chi connectivity index (χ4v) is 2.25. The highest BCUT2D eigenvalue weighted by atomic mass is 127. The van der Waals surface area contributed by atoms with Gasteiger partial charge in [-0.05, 0) is 60.4 Å². The van der Waals surface area contributed by atoms with Crippen LogP contribution in [0.15, 0.2) is 22.7 Å². The van der Waals surface area contributed by atoms with Crippen LogP contribution in [-0.2, 0) is 6.54 Å². The summed E-state index contributed by atoms with van der Waals surface area (Å²) >= 11 is 5.89. The molecule has 1 N–H and O–H groups in total. The third kappa shape index (κ3) is 4.80. The summed E-state index contributed by atoms with van der Waals surface area (Å²) in [6.07, 6.45) is 0. The Bertz CT molecular complexity index is 317. The van der Waals surface area contributed by atoms with E-state index in [0.717, 1.165) is 24.1 Å². The summed E-state index contributed by atoms with van der Waals surface area (Å²) in [4.78, 5) is 2.32. The van der Waals surface area contributed by atoms with E-state index < -0.39 is 0 Å². The first kappa shape index (κ1) is 13.4. The topological polar surface area (TPSA) is 15.3 Å². The van der Waals surface area contributed by atoms with Gasteiger partial charge in [-0.2, -0.15) is 0 Å². The Kier molecular flexibility index (Phi) is 6.11. The zero-order chi connectivity index (χ0) is 11.3. The van der Waals surface area contributed by atoms with Gasteiger partial charge in [-0.3, -0.25) is 0 Å². The number of halogens is 2. The molecule has 2 nitrogen and oxygen atoms in total. The minimum Gasteiger partial charge on any atom is -0.318 e. The van der Waals surface area contributed by atoms with Crippen molar-refractivity contribution in [1.82, 2.24) is 10.2 Å². The molecule has 1 aromatic rings. The number of nitrogens with zero attached hydrogens (tertiary/aromatic N) is 1. The van der Waals surface area contributed by atoms with E-state index in [1.165, 1.54) is 9.13 Å². The number of benzene rings is 1. The molecule has 84 valence electrons. The van der Waals surface area contributed by atoms with E-state index in [1.54, 1.807) is 0 Å². The molecule has 4 heteroatoms. The zero-order valence-corrected chi connectivity index (χ0v) is 12.8. The molecule has 0 bridgehead atoms. The number of nitrogens with one attached hydrogen (secondary N) is 1. The highest BCUT2D eigenvalue weighted by Crippen LogP contribution is 2.19. The van der Waals surface area contributed by atoms with Gasteiger partial charge >= 0.3 is 0 Å². The van der Waals surface area contributed by atoms with Crippen LogP contribution in [0.4, 0.5) is 0 Å². The maximum Gasteiger partial charge on any atom is 0.0242 e. The van der Waals surface area contributed by atoms with Gasteiger partial charge in [-0.25, -0.2) is 0 Å². The van der Waals surface area contributed by atoms with Crippen molar-refractivity contribution in [2.75, 3.05) is 27.2 Å². The highest BCUT2D eigenvalue weighted by molar-refractivity contribution is 14.1. The second-order valence-electron chi connectivity index (χ2n) is 3.58. The van der Waals surface area contributed by atoms with Crippen LogP contribution in [0, 0.1) is 3.57 Å². The second kappa shape index (κ2) is 6.83. The normalized spacial score (nSPS) is 11.0. The van der Waals surface area contributed by atoms with Gasteiger partial charge in [-0.1, -0.05) is 15.9 Å². The van der Waals surface area contributed by atoms with Gasteiger partial charge in [0.2, 0.25) is 0 Å². The molecule has 0 aromatic heterocycles. The quantitative estimate of drug-likeness (QED) is 0.787. The van der Waals surface area contributed by atoms with Crippen LogP contribution >= 0.6 is 38.5 Å². The van der Waals surface area contributed by atoms with E-state index in [9.17, 15) is 0 Å². The lowest BCUT2D eigenvalue weighted by Gasteiger charge is -2.17. The molecule has 0 saturated carbocycles. The number of rotatable bonds is 5. The van der Waals surface area contributed by atoms with Gasteiger partial charge in [0.1, 0.15) is 0 Å². The Morgan fingerprint density at radius 2 is 2.20 bits per heavy atom. The Balaban J connectivity index is 2.59. The number of hydrogen-bond acceptors (Lipinski definition) is 2. The fraction of sp³-hybridized carbons (Fsp3) is 0.455. The Morgan fingerprint density at radius 3 is 2.87 bits per heavy atom. The molecule has 0 heterocycles. The molecule has 15 heavy (non-hydrogen) atoms. The summed E-state index contributed by atoms with van der Waals surface area (Å²) in [6, 6.07) is 6.42. The summed E-state index contributed by atoms with van der Waals surface area (Å²) < 4.78 is 2.48. The molecule has 0 spiro atoms. The van der Waals surface area contributed by atoms with Gasteiger partial charge in [0, 0.05) is 27.7 Å². The summed E-state index contributed by atoms with van der Waals surface area (Å²) in [5, 5.41) is 3.16. The van der Waals surface area contributed by atoms with Crippen LogP contribution in [0.25, 0.3) is 0 Å². The zero-order valence-electron chi connectivity index (χ0n) is 9.06. The van der Waals surface area contributed by atoms with Gasteiger partial charge in [0.05, 0.1) is 0 Å². The first-order chi connectivity index (χ1) is 7.13. The van der Waals surface area contributed by atoms with E-state index in [4.69, 9.17) is 0 Å². The Morgan fingerprint density at radius 1 is 1.47 bits per heavy atom. The van der Waals surface area contributed by atoms with Crippen molar-refractivity contribution in [3.8, 4) is 0 Å². The molecule has 0 aliphatic carbocycles. The Labute approximate surface area is 114 Å². The summed E-state index contributed by atoms with van der Waals surface area (Å²) in [5.41, 5.74) is 1.38. The van der Waals surface area contributed by atoms with Crippen LogP contribution < -0.4 is 5.32 Å². The third-order valence-corrected chi connectivity index (χ3v) is 3.74. The standard InChI is InChI=1S/C11H16BrIN2/c1-14-5-6-15(2)8-9-7-10(12)3-4-11(9)13/h3-4,7,14H,5-6,8H2,1-2H3. The SMILES string of the molecule is CNCCN(C)Cc1cc(Br)ccc1I. The summed E-state index contributed by atoms with van der Waals surface area (Å²) in [5.74, 6) is 0. The van der Waals surface area contributed by atoms with Crippen molar-refractivity contribution in [2.45, 2.75) is 6.54 Å². The molecule has 1 rings (SSSR count). The van der Waals surface area contributed by atoms with Gasteiger partial charge in [0.15, 0.2) is 0 Å². The minimum absolute atomic E-state index is 0.999. The molecule has 0 atom stereocenters. The molecular formula is C11H16BrIN2. The molecule has 0 aliphatic rings. The van der Waals surface area contributed by atoms with Crippen molar-refractivity contribution in [2.24, 2.45) is 0 Å². The average Bonchev–Trinajstić information content (AvgIpc) is 2.20. The molecule has 0 saturated heterocycles. The molecule has 0 fully saturated rings. The molecule has 0 amide bonds. The predicted molar refractivity (Wildman–Crippen MR) is 77.1 cm³/mol. The van der Waals surface area contributed by atoms with Crippen molar-refractivity contribution in [3.63, 3.8) is 0 Å². The van der Waals surface area contributed by atoms with Crippen LogP contribution in [0.2, 0.25) is 0 Å². The number of likely N-dealkylation sites (N-methyl/N-ethyl adjacent to an activating group) is 2. The van der Waals surface area contributed by atoms with Crippen LogP contribution in [0.3, 0.4) is 0 Å². The first-order valence-corrected chi connectivity index (χ1v) is 6.77. The lowest BCUT2D eigenvalue weighted by atomic mass is 10.2. The molecule has 0 aliphatic heterocycles. The fourth-order valence-electron chi connectivity index (χ4n) is 1.34. The minimum atomic E-state index is 0.999. The molecule has 0 radical (unpaired) electrons. The smallest absolute Gasteiger partial charge is 0.0242 e. The lowest BCUT2D eigenvalue weighted by molar-refractivity contribution is 0.327. The number of hydrogen-bond donors (Lipinski definition) is 1. The molecule has 1 aromatic carbocycles. The van der Waals surface area contributed by atoms with E-state index >= 15 is 0 Å². The van der Waals surface area contributed by atoms with Crippen LogP contribution in [0.1, 0.15) is 5.56 Å². The van der Waals surface area contributed by atoms with Crippen molar-refractivity contribution in [1.29, 1.82) is 0 Å². The van der Waals surface area contributed by atoms with Crippen molar-refractivity contribution in [3.05, 3.63) is 31.8 Å².